The van der Waals surface area contributed by atoms with Gasteiger partial charge in [-0.1, -0.05) is 0 Å². The Bertz CT molecular complexity index is 1100. The third kappa shape index (κ3) is 3.42. The van der Waals surface area contributed by atoms with Gasteiger partial charge in [-0.3, -0.25) is 0 Å². The van der Waals surface area contributed by atoms with E-state index in [1.807, 2.05) is 54.6 Å². The van der Waals surface area contributed by atoms with E-state index in [2.05, 4.69) is 23.3 Å². The van der Waals surface area contributed by atoms with Gasteiger partial charge in [-0.05, 0) is 44.2 Å². The highest BCUT2D eigenvalue weighted by atomic mass is 16.5. The number of methoxy groups -OCH3 is 2. The molecule has 0 fully saturated rings. The molecule has 0 aliphatic carbocycles. The highest BCUT2D eigenvalue weighted by molar-refractivity contribution is 5.72. The number of allylic oxidation sites excluding steroid dienone is 2. The molecule has 3 aromatic rings. The molecule has 0 saturated carbocycles. The maximum Gasteiger partial charge on any atom is 0.374 e. The molecule has 1 aliphatic rings. The summed E-state index contributed by atoms with van der Waals surface area (Å²) in [6, 6.07) is 11.7. The summed E-state index contributed by atoms with van der Waals surface area (Å²) in [5.41, 5.74) is 2.87. The molecule has 0 radical (unpaired) electrons. The Morgan fingerprint density at radius 2 is 1.79 bits per heavy atom. The quantitative estimate of drug-likeness (QED) is 0.576. The second-order valence-electron chi connectivity index (χ2n) is 6.56. The van der Waals surface area contributed by atoms with Gasteiger partial charge in [-0.2, -0.15) is 4.57 Å². The molecule has 0 unspecified atom stereocenters. The van der Waals surface area contributed by atoms with Crippen molar-refractivity contribution in [3.8, 4) is 17.2 Å². The zero-order valence-corrected chi connectivity index (χ0v) is 17.1. The van der Waals surface area contributed by atoms with E-state index in [0.29, 0.717) is 0 Å². The number of oxazole rings is 1. The van der Waals surface area contributed by atoms with Crippen LogP contribution in [0.25, 0.3) is 17.2 Å². The second kappa shape index (κ2) is 7.91. The van der Waals surface area contributed by atoms with Crippen LogP contribution >= 0.6 is 0 Å². The summed E-state index contributed by atoms with van der Waals surface area (Å²) in [5, 5.41) is 0. The Balaban J connectivity index is 1.63. The number of nitrogens with zero attached hydrogens (tertiary/aromatic N) is 2. The number of aryl methyl sites for hydroxylation is 1. The van der Waals surface area contributed by atoms with Crippen molar-refractivity contribution in [2.24, 2.45) is 0 Å². The van der Waals surface area contributed by atoms with E-state index >= 15 is 0 Å². The van der Waals surface area contributed by atoms with E-state index in [1.165, 1.54) is 0 Å². The SMILES string of the molecule is CCN1/C(=C/C=C/c2oc3cc(OC)ccc3[n+]2CC)Oc2cc(OC)ccc21. The Labute approximate surface area is 170 Å². The lowest BCUT2D eigenvalue weighted by atomic mass is 10.2. The first-order chi connectivity index (χ1) is 14.2. The number of hydrogen-bond donors (Lipinski definition) is 0. The average Bonchev–Trinajstić information content (AvgIpc) is 3.29. The van der Waals surface area contributed by atoms with Crippen LogP contribution in [0.3, 0.4) is 0 Å². The van der Waals surface area contributed by atoms with Crippen molar-refractivity contribution in [3.05, 3.63) is 60.3 Å². The van der Waals surface area contributed by atoms with Gasteiger partial charge >= 0.3 is 5.89 Å². The fourth-order valence-corrected chi connectivity index (χ4v) is 3.54. The van der Waals surface area contributed by atoms with Crippen molar-refractivity contribution < 1.29 is 23.2 Å². The van der Waals surface area contributed by atoms with Crippen LogP contribution in [0, 0.1) is 0 Å². The van der Waals surface area contributed by atoms with Gasteiger partial charge < -0.3 is 23.5 Å². The molecule has 1 aromatic heterocycles. The maximum atomic E-state index is 6.04. The molecule has 0 atom stereocenters. The lowest BCUT2D eigenvalue weighted by Crippen LogP contribution is -2.33. The fourth-order valence-electron chi connectivity index (χ4n) is 3.54. The zero-order valence-electron chi connectivity index (χ0n) is 17.1. The molecule has 1 aliphatic heterocycles. The van der Waals surface area contributed by atoms with Crippen LogP contribution in [0.4, 0.5) is 5.69 Å². The Morgan fingerprint density at radius 3 is 2.52 bits per heavy atom. The van der Waals surface area contributed by atoms with Crippen molar-refractivity contribution in [1.29, 1.82) is 0 Å². The maximum absolute atomic E-state index is 6.04. The van der Waals surface area contributed by atoms with Gasteiger partial charge in [0.15, 0.2) is 5.75 Å². The second-order valence-corrected chi connectivity index (χ2v) is 6.56. The van der Waals surface area contributed by atoms with Gasteiger partial charge in [0, 0.05) is 24.7 Å². The molecule has 6 heteroatoms. The number of ether oxygens (including phenoxy) is 3. The van der Waals surface area contributed by atoms with E-state index in [4.69, 9.17) is 18.6 Å². The van der Waals surface area contributed by atoms with E-state index in [0.717, 1.165) is 58.9 Å². The van der Waals surface area contributed by atoms with Crippen molar-refractivity contribution >= 4 is 22.9 Å². The Kier molecular flexibility index (Phi) is 5.16. The first kappa shape index (κ1) is 18.9. The molecule has 4 rings (SSSR count). The van der Waals surface area contributed by atoms with Gasteiger partial charge in [0.2, 0.25) is 11.5 Å². The van der Waals surface area contributed by atoms with E-state index < -0.39 is 0 Å². The number of aromatic nitrogens is 1. The molecule has 0 bridgehead atoms. The molecular weight excluding hydrogens is 368 g/mol. The standard InChI is InChI=1S/C23H25N2O4/c1-5-24-18-12-10-16(26-3)14-20(18)28-22(24)8-7-9-23-25(6-2)19-13-11-17(27-4)15-21(19)29-23/h7-15H,5-6H2,1-4H3/q+1. The monoisotopic (exact) mass is 393 g/mol. The van der Waals surface area contributed by atoms with Crippen LogP contribution < -0.4 is 23.7 Å². The number of fused-ring (bicyclic) bond motifs is 2. The first-order valence-electron chi connectivity index (χ1n) is 9.70. The van der Waals surface area contributed by atoms with Gasteiger partial charge in [-0.25, -0.2) is 0 Å². The molecule has 29 heavy (non-hydrogen) atoms. The minimum atomic E-state index is 0.771. The average molecular weight is 393 g/mol. The predicted molar refractivity (Wildman–Crippen MR) is 112 cm³/mol. The van der Waals surface area contributed by atoms with E-state index in [-0.39, 0.29) is 0 Å². The molecule has 150 valence electrons. The number of hydrogen-bond acceptors (Lipinski definition) is 5. The molecule has 2 heterocycles. The Morgan fingerprint density at radius 1 is 1.03 bits per heavy atom. The highest BCUT2D eigenvalue weighted by Crippen LogP contribution is 2.41. The summed E-state index contributed by atoms with van der Waals surface area (Å²) in [7, 11) is 3.30. The summed E-state index contributed by atoms with van der Waals surface area (Å²) in [5.74, 6) is 3.89. The normalized spacial score (nSPS) is 14.6. The summed E-state index contributed by atoms with van der Waals surface area (Å²) >= 11 is 0. The van der Waals surface area contributed by atoms with Crippen molar-refractivity contribution in [2.45, 2.75) is 20.4 Å². The van der Waals surface area contributed by atoms with Gasteiger partial charge in [0.1, 0.15) is 18.0 Å². The molecule has 0 N–H and O–H groups in total. The third-order valence-corrected chi connectivity index (χ3v) is 4.99. The van der Waals surface area contributed by atoms with Crippen LogP contribution in [0.5, 0.6) is 17.2 Å². The molecule has 0 spiro atoms. The van der Waals surface area contributed by atoms with Crippen LogP contribution in [-0.4, -0.2) is 20.8 Å². The first-order valence-corrected chi connectivity index (χ1v) is 9.70. The van der Waals surface area contributed by atoms with Crippen LogP contribution in [-0.2, 0) is 6.54 Å². The molecular formula is C23H25N2O4+. The predicted octanol–water partition coefficient (Wildman–Crippen LogP) is 4.53. The topological polar surface area (TPSA) is 48.0 Å². The van der Waals surface area contributed by atoms with Gasteiger partial charge in [0.05, 0.1) is 26.0 Å². The minimum absolute atomic E-state index is 0.771. The van der Waals surface area contributed by atoms with Crippen molar-refractivity contribution in [2.75, 3.05) is 25.7 Å². The smallest absolute Gasteiger partial charge is 0.374 e. The number of benzene rings is 2. The molecule has 2 aromatic carbocycles. The summed E-state index contributed by atoms with van der Waals surface area (Å²) < 4.78 is 24.8. The fraction of sp³-hybridized carbons (Fsp3) is 0.261. The zero-order chi connectivity index (χ0) is 20.4. The lowest BCUT2D eigenvalue weighted by Gasteiger charge is -2.14. The van der Waals surface area contributed by atoms with Crippen molar-refractivity contribution in [1.82, 2.24) is 0 Å². The molecule has 0 amide bonds. The summed E-state index contributed by atoms with van der Waals surface area (Å²) in [4.78, 5) is 2.12. The largest absolute Gasteiger partial charge is 0.497 e. The summed E-state index contributed by atoms with van der Waals surface area (Å²) in [6.07, 6.45) is 5.84. The van der Waals surface area contributed by atoms with Crippen LogP contribution in [0.2, 0.25) is 0 Å². The van der Waals surface area contributed by atoms with Crippen LogP contribution in [0.15, 0.2) is 58.9 Å². The minimum Gasteiger partial charge on any atom is -0.497 e. The lowest BCUT2D eigenvalue weighted by molar-refractivity contribution is -0.674. The molecule has 6 nitrogen and oxygen atoms in total. The molecule has 0 saturated heterocycles. The summed E-state index contributed by atoms with van der Waals surface area (Å²) in [6.45, 7) is 5.80. The van der Waals surface area contributed by atoms with Gasteiger partial charge in [-0.15, -0.1) is 0 Å². The van der Waals surface area contributed by atoms with Gasteiger partial charge in [0.25, 0.3) is 5.52 Å². The van der Waals surface area contributed by atoms with Crippen molar-refractivity contribution in [3.63, 3.8) is 0 Å². The third-order valence-electron chi connectivity index (χ3n) is 4.99. The highest BCUT2D eigenvalue weighted by Gasteiger charge is 2.25. The van der Waals surface area contributed by atoms with E-state index in [1.54, 1.807) is 14.2 Å². The number of anilines is 1. The number of rotatable bonds is 6. The Hall–Kier alpha value is -3.41. The van der Waals surface area contributed by atoms with E-state index in [9.17, 15) is 0 Å². The van der Waals surface area contributed by atoms with Crippen LogP contribution in [0.1, 0.15) is 19.7 Å².